The van der Waals surface area contributed by atoms with Crippen molar-refractivity contribution in [3.05, 3.63) is 16.0 Å². The molecule has 23 heavy (non-hydrogen) atoms. The highest BCUT2D eigenvalue weighted by molar-refractivity contribution is 7.18. The molecule has 0 spiro atoms. The van der Waals surface area contributed by atoms with Crippen LogP contribution in [0.25, 0.3) is 0 Å². The second-order valence-electron chi connectivity index (χ2n) is 5.50. The number of esters is 1. The van der Waals surface area contributed by atoms with E-state index in [2.05, 4.69) is 10.2 Å². The maximum Gasteiger partial charge on any atom is 0.341 e. The molecule has 1 aliphatic rings. The van der Waals surface area contributed by atoms with E-state index in [-0.39, 0.29) is 22.9 Å². The van der Waals surface area contributed by atoms with Crippen molar-refractivity contribution in [2.24, 2.45) is 5.73 Å². The first-order chi connectivity index (χ1) is 10.9. The van der Waals surface area contributed by atoms with Crippen LogP contribution < -0.4 is 11.1 Å². The number of amides is 2. The van der Waals surface area contributed by atoms with Gasteiger partial charge >= 0.3 is 5.97 Å². The standard InChI is InChI=1S/C15H21N3O4S/c1-9-11(15(21)22-2)14(23-12(9)13(16)20)17-10(19)8-18-6-4-3-5-7-18/h3-8H2,1-2H3,(H2,16,20)(H,17,19). The molecule has 0 unspecified atom stereocenters. The number of thiophene rings is 1. The van der Waals surface area contributed by atoms with Crippen LogP contribution >= 0.6 is 11.3 Å². The highest BCUT2D eigenvalue weighted by atomic mass is 32.1. The summed E-state index contributed by atoms with van der Waals surface area (Å²) in [6.07, 6.45) is 3.37. The number of ether oxygens (including phenoxy) is 1. The van der Waals surface area contributed by atoms with E-state index in [1.807, 2.05) is 0 Å². The van der Waals surface area contributed by atoms with E-state index >= 15 is 0 Å². The van der Waals surface area contributed by atoms with Crippen LogP contribution in [0.15, 0.2) is 0 Å². The highest BCUT2D eigenvalue weighted by Crippen LogP contribution is 2.33. The molecular formula is C15H21N3O4S. The van der Waals surface area contributed by atoms with Crippen LogP contribution in [0.4, 0.5) is 5.00 Å². The van der Waals surface area contributed by atoms with Crippen LogP contribution in [0.1, 0.15) is 44.9 Å². The smallest absolute Gasteiger partial charge is 0.341 e. The van der Waals surface area contributed by atoms with Crippen molar-refractivity contribution in [2.45, 2.75) is 26.2 Å². The van der Waals surface area contributed by atoms with Crippen molar-refractivity contribution >= 4 is 34.1 Å². The Morgan fingerprint density at radius 1 is 1.26 bits per heavy atom. The second-order valence-corrected chi connectivity index (χ2v) is 6.52. The Kier molecular flexibility index (Phi) is 5.73. The zero-order valence-corrected chi connectivity index (χ0v) is 14.1. The number of hydrogen-bond donors (Lipinski definition) is 2. The monoisotopic (exact) mass is 339 g/mol. The molecule has 126 valence electrons. The van der Waals surface area contributed by atoms with Gasteiger partial charge < -0.3 is 15.8 Å². The number of likely N-dealkylation sites (tertiary alicyclic amines) is 1. The Balaban J connectivity index is 2.17. The first-order valence-electron chi connectivity index (χ1n) is 7.47. The summed E-state index contributed by atoms with van der Waals surface area (Å²) in [5, 5.41) is 3.03. The summed E-state index contributed by atoms with van der Waals surface area (Å²) in [6, 6.07) is 0. The van der Waals surface area contributed by atoms with Crippen molar-refractivity contribution in [1.82, 2.24) is 4.90 Å². The lowest BCUT2D eigenvalue weighted by atomic mass is 10.1. The summed E-state index contributed by atoms with van der Waals surface area (Å²) in [5.41, 5.74) is 5.94. The zero-order chi connectivity index (χ0) is 17.0. The molecule has 0 bridgehead atoms. The van der Waals surface area contributed by atoms with Crippen molar-refractivity contribution in [2.75, 3.05) is 32.1 Å². The number of nitrogens with two attached hydrogens (primary N) is 1. The van der Waals surface area contributed by atoms with Crippen LogP contribution in [0.3, 0.4) is 0 Å². The maximum atomic E-state index is 12.2. The lowest BCUT2D eigenvalue weighted by Crippen LogP contribution is -2.36. The van der Waals surface area contributed by atoms with Crippen molar-refractivity contribution in [3.63, 3.8) is 0 Å². The van der Waals surface area contributed by atoms with Crippen molar-refractivity contribution in [1.29, 1.82) is 0 Å². The fourth-order valence-electron chi connectivity index (χ4n) is 2.67. The average Bonchev–Trinajstić information content (AvgIpc) is 2.84. The Bertz CT molecular complexity index is 620. The first-order valence-corrected chi connectivity index (χ1v) is 8.29. The fourth-order valence-corrected chi connectivity index (χ4v) is 3.73. The number of methoxy groups -OCH3 is 1. The van der Waals surface area contributed by atoms with Gasteiger partial charge in [-0.3, -0.25) is 14.5 Å². The van der Waals surface area contributed by atoms with Crippen LogP contribution in [-0.4, -0.2) is 49.4 Å². The third-order valence-corrected chi connectivity index (χ3v) is 5.05. The van der Waals surface area contributed by atoms with Gasteiger partial charge in [0.1, 0.15) is 5.00 Å². The number of nitrogens with one attached hydrogen (secondary N) is 1. The molecule has 0 atom stereocenters. The summed E-state index contributed by atoms with van der Waals surface area (Å²) >= 11 is 1.00. The molecule has 8 heteroatoms. The van der Waals surface area contributed by atoms with Crippen molar-refractivity contribution in [3.8, 4) is 0 Å². The molecule has 1 aliphatic heterocycles. The molecule has 0 radical (unpaired) electrons. The van der Waals surface area contributed by atoms with Crippen LogP contribution in [0.2, 0.25) is 0 Å². The first kappa shape index (κ1) is 17.4. The number of carbonyl (C=O) groups is 3. The third-order valence-electron chi connectivity index (χ3n) is 3.83. The summed E-state index contributed by atoms with van der Waals surface area (Å²) in [6.45, 7) is 3.67. The molecule has 7 nitrogen and oxygen atoms in total. The van der Waals surface area contributed by atoms with Gasteiger partial charge in [0.15, 0.2) is 0 Å². The normalized spacial score (nSPS) is 15.2. The molecule has 0 saturated carbocycles. The molecular weight excluding hydrogens is 318 g/mol. The van der Waals surface area contributed by atoms with Gasteiger partial charge in [-0.1, -0.05) is 6.42 Å². The molecule has 3 N–H and O–H groups in total. The van der Waals surface area contributed by atoms with E-state index in [0.29, 0.717) is 10.6 Å². The van der Waals surface area contributed by atoms with E-state index in [1.54, 1.807) is 6.92 Å². The van der Waals surface area contributed by atoms with Gasteiger partial charge in [0.25, 0.3) is 5.91 Å². The number of carbonyl (C=O) groups excluding carboxylic acids is 3. The van der Waals surface area contributed by atoms with E-state index in [4.69, 9.17) is 10.5 Å². The number of hydrogen-bond acceptors (Lipinski definition) is 6. The molecule has 1 aromatic rings. The molecule has 2 rings (SSSR count). The second kappa shape index (κ2) is 7.56. The molecule has 2 amide bonds. The van der Waals surface area contributed by atoms with Crippen LogP contribution in [0.5, 0.6) is 0 Å². The number of nitrogens with zero attached hydrogens (tertiary/aromatic N) is 1. The van der Waals surface area contributed by atoms with Crippen LogP contribution in [0, 0.1) is 6.92 Å². The highest BCUT2D eigenvalue weighted by Gasteiger charge is 2.25. The zero-order valence-electron chi connectivity index (χ0n) is 13.3. The van der Waals surface area contributed by atoms with Gasteiger partial charge in [0.05, 0.1) is 24.1 Å². The average molecular weight is 339 g/mol. The van der Waals surface area contributed by atoms with Gasteiger partial charge in [-0.2, -0.15) is 0 Å². The maximum absolute atomic E-state index is 12.2. The Labute approximate surface area is 138 Å². The SMILES string of the molecule is COC(=O)c1c(NC(=O)CN2CCCCC2)sc(C(N)=O)c1C. The van der Waals surface area contributed by atoms with Gasteiger partial charge in [-0.25, -0.2) is 4.79 Å². The lowest BCUT2D eigenvalue weighted by Gasteiger charge is -2.25. The minimum Gasteiger partial charge on any atom is -0.465 e. The van der Waals surface area contributed by atoms with Crippen molar-refractivity contribution < 1.29 is 19.1 Å². The van der Waals surface area contributed by atoms with E-state index in [9.17, 15) is 14.4 Å². The Morgan fingerprint density at radius 3 is 2.48 bits per heavy atom. The van der Waals surface area contributed by atoms with E-state index in [0.717, 1.165) is 37.3 Å². The van der Waals surface area contributed by atoms with Gasteiger partial charge in [0.2, 0.25) is 5.91 Å². The van der Waals surface area contributed by atoms with E-state index < -0.39 is 11.9 Å². The fraction of sp³-hybridized carbons (Fsp3) is 0.533. The molecule has 1 aromatic heterocycles. The topological polar surface area (TPSA) is 102 Å². The quantitative estimate of drug-likeness (QED) is 0.789. The van der Waals surface area contributed by atoms with Gasteiger partial charge in [-0.05, 0) is 38.4 Å². The molecule has 1 saturated heterocycles. The molecule has 1 fully saturated rings. The Morgan fingerprint density at radius 2 is 1.91 bits per heavy atom. The lowest BCUT2D eigenvalue weighted by molar-refractivity contribution is -0.117. The number of rotatable bonds is 5. The Hall–Kier alpha value is -1.93. The van der Waals surface area contributed by atoms with Crippen LogP contribution in [-0.2, 0) is 9.53 Å². The van der Waals surface area contributed by atoms with E-state index in [1.165, 1.54) is 13.5 Å². The molecule has 0 aromatic carbocycles. The number of anilines is 1. The minimum absolute atomic E-state index is 0.193. The summed E-state index contributed by atoms with van der Waals surface area (Å²) in [7, 11) is 1.25. The minimum atomic E-state index is -0.630. The van der Waals surface area contributed by atoms with Gasteiger partial charge in [0, 0.05) is 0 Å². The number of piperidine rings is 1. The summed E-state index contributed by atoms with van der Waals surface area (Å²) in [5.74, 6) is -1.44. The molecule has 2 heterocycles. The largest absolute Gasteiger partial charge is 0.465 e. The summed E-state index contributed by atoms with van der Waals surface area (Å²) in [4.78, 5) is 37.9. The predicted molar refractivity (Wildman–Crippen MR) is 87.8 cm³/mol. The predicted octanol–water partition coefficient (Wildman–Crippen LogP) is 1.37. The third kappa shape index (κ3) is 4.08. The molecule has 0 aliphatic carbocycles. The summed E-state index contributed by atoms with van der Waals surface area (Å²) < 4.78 is 4.74. The van der Waals surface area contributed by atoms with Gasteiger partial charge in [-0.15, -0.1) is 11.3 Å². The number of primary amides is 1.